The molecule has 1 aliphatic carbocycles. The number of aryl methyl sites for hydroxylation is 2. The molecule has 3 aromatic rings. The molecule has 0 atom stereocenters. The first-order chi connectivity index (χ1) is 12.7. The van der Waals surface area contributed by atoms with Crippen molar-refractivity contribution in [3.63, 3.8) is 0 Å². The third-order valence-corrected chi connectivity index (χ3v) is 5.81. The highest BCUT2D eigenvalue weighted by Crippen LogP contribution is 2.33. The molecule has 26 heavy (non-hydrogen) atoms. The molecule has 0 aromatic carbocycles. The van der Waals surface area contributed by atoms with Crippen LogP contribution in [-0.4, -0.2) is 48.8 Å². The van der Waals surface area contributed by atoms with Crippen LogP contribution in [0.4, 0.5) is 0 Å². The van der Waals surface area contributed by atoms with Gasteiger partial charge in [0, 0.05) is 30.5 Å². The van der Waals surface area contributed by atoms with Crippen LogP contribution < -0.4 is 0 Å². The van der Waals surface area contributed by atoms with E-state index in [4.69, 9.17) is 4.52 Å². The van der Waals surface area contributed by atoms with E-state index < -0.39 is 0 Å². The fraction of sp³-hybridized carbons (Fsp3) is 0.579. The number of nitrogens with zero attached hydrogens (tertiary/aromatic N) is 6. The van der Waals surface area contributed by atoms with Crippen molar-refractivity contribution in [1.29, 1.82) is 0 Å². The van der Waals surface area contributed by atoms with Gasteiger partial charge in [-0.05, 0) is 32.8 Å². The zero-order chi connectivity index (χ0) is 17.7. The Bertz CT molecular complexity index is 933. The summed E-state index contributed by atoms with van der Waals surface area (Å²) in [7, 11) is 0. The molecule has 0 bridgehead atoms. The molecule has 1 saturated carbocycles. The molecule has 136 valence electrons. The third-order valence-electron chi connectivity index (χ3n) is 5.81. The van der Waals surface area contributed by atoms with E-state index in [0.717, 1.165) is 47.6 Å². The van der Waals surface area contributed by atoms with Crippen molar-refractivity contribution in [2.24, 2.45) is 0 Å². The first kappa shape index (κ1) is 15.9. The molecule has 2 fully saturated rings. The van der Waals surface area contributed by atoms with Crippen LogP contribution >= 0.6 is 0 Å². The van der Waals surface area contributed by atoms with E-state index in [1.54, 1.807) is 6.20 Å². The van der Waals surface area contributed by atoms with Crippen molar-refractivity contribution in [2.45, 2.75) is 57.9 Å². The molecule has 1 saturated heterocycles. The highest BCUT2D eigenvalue weighted by Gasteiger charge is 2.37. The van der Waals surface area contributed by atoms with Crippen molar-refractivity contribution < 1.29 is 4.52 Å². The van der Waals surface area contributed by atoms with Crippen molar-refractivity contribution >= 4 is 5.65 Å². The highest BCUT2D eigenvalue weighted by molar-refractivity contribution is 5.72. The monoisotopic (exact) mass is 352 g/mol. The number of likely N-dealkylation sites (tertiary alicyclic amines) is 1. The molecule has 0 spiro atoms. The largest absolute Gasteiger partial charge is 0.339 e. The zero-order valence-electron chi connectivity index (χ0n) is 15.4. The fourth-order valence-corrected chi connectivity index (χ4v) is 4.35. The first-order valence-corrected chi connectivity index (χ1v) is 9.59. The van der Waals surface area contributed by atoms with Gasteiger partial charge in [-0.15, -0.1) is 0 Å². The van der Waals surface area contributed by atoms with Crippen LogP contribution in [0.5, 0.6) is 0 Å². The molecule has 7 nitrogen and oxygen atoms in total. The lowest BCUT2D eigenvalue weighted by molar-refractivity contribution is 0.0563. The van der Waals surface area contributed by atoms with E-state index >= 15 is 0 Å². The van der Waals surface area contributed by atoms with Gasteiger partial charge in [0.1, 0.15) is 0 Å². The Balaban J connectivity index is 1.35. The lowest BCUT2D eigenvalue weighted by atomic mass is 9.89. The van der Waals surface area contributed by atoms with E-state index in [2.05, 4.69) is 25.1 Å². The molecule has 5 rings (SSSR count). The van der Waals surface area contributed by atoms with Crippen molar-refractivity contribution in [2.75, 3.05) is 13.1 Å². The van der Waals surface area contributed by atoms with Gasteiger partial charge in [-0.25, -0.2) is 9.50 Å². The Morgan fingerprint density at radius 2 is 1.88 bits per heavy atom. The van der Waals surface area contributed by atoms with Crippen LogP contribution in [0.2, 0.25) is 0 Å². The van der Waals surface area contributed by atoms with Crippen molar-refractivity contribution in [1.82, 2.24) is 29.6 Å². The molecule has 0 unspecified atom stereocenters. The summed E-state index contributed by atoms with van der Waals surface area (Å²) in [6.07, 6.45) is 8.60. The summed E-state index contributed by atoms with van der Waals surface area (Å²) in [5.74, 6) is 1.69. The first-order valence-electron chi connectivity index (χ1n) is 9.59. The number of hydrogen-bond donors (Lipinski definition) is 0. The second-order valence-electron chi connectivity index (χ2n) is 7.73. The summed E-state index contributed by atoms with van der Waals surface area (Å²) in [6.45, 7) is 6.09. The van der Waals surface area contributed by atoms with Crippen molar-refractivity contribution in [3.8, 4) is 11.4 Å². The molecule has 0 radical (unpaired) electrons. The molecule has 1 aliphatic heterocycles. The second-order valence-corrected chi connectivity index (χ2v) is 7.73. The summed E-state index contributed by atoms with van der Waals surface area (Å²) >= 11 is 0. The SMILES string of the molecule is Cc1cc(C)n2ncc(-c3noc(C4CN(C5CCCCC5)C4)n3)c2n1. The summed E-state index contributed by atoms with van der Waals surface area (Å²) in [4.78, 5) is 11.9. The molecular weight excluding hydrogens is 328 g/mol. The normalized spacial score (nSPS) is 19.9. The lowest BCUT2D eigenvalue weighted by Crippen LogP contribution is -2.51. The van der Waals surface area contributed by atoms with E-state index in [1.807, 2.05) is 24.4 Å². The van der Waals surface area contributed by atoms with Gasteiger partial charge in [0.2, 0.25) is 11.7 Å². The maximum Gasteiger partial charge on any atom is 0.232 e. The predicted octanol–water partition coefficient (Wildman–Crippen LogP) is 3.13. The smallest absolute Gasteiger partial charge is 0.232 e. The van der Waals surface area contributed by atoms with E-state index in [0.29, 0.717) is 11.7 Å². The summed E-state index contributed by atoms with van der Waals surface area (Å²) in [6, 6.07) is 2.77. The average molecular weight is 352 g/mol. The molecule has 7 heteroatoms. The van der Waals surface area contributed by atoms with Gasteiger partial charge in [-0.1, -0.05) is 24.4 Å². The van der Waals surface area contributed by atoms with Gasteiger partial charge >= 0.3 is 0 Å². The van der Waals surface area contributed by atoms with E-state index in [9.17, 15) is 0 Å². The molecule has 2 aliphatic rings. The van der Waals surface area contributed by atoms with Crippen molar-refractivity contribution in [3.05, 3.63) is 29.5 Å². The highest BCUT2D eigenvalue weighted by atomic mass is 16.5. The predicted molar refractivity (Wildman–Crippen MR) is 96.9 cm³/mol. The van der Waals surface area contributed by atoms with E-state index in [1.165, 1.54) is 32.1 Å². The molecular formula is C19H24N6O. The Morgan fingerprint density at radius 3 is 2.69 bits per heavy atom. The Kier molecular flexibility index (Phi) is 3.77. The topological polar surface area (TPSA) is 72.3 Å². The minimum Gasteiger partial charge on any atom is -0.339 e. The van der Waals surface area contributed by atoms with Gasteiger partial charge in [0.15, 0.2) is 5.65 Å². The van der Waals surface area contributed by atoms with Crippen LogP contribution in [0.3, 0.4) is 0 Å². The van der Waals surface area contributed by atoms with Gasteiger partial charge in [0.25, 0.3) is 0 Å². The van der Waals surface area contributed by atoms with E-state index in [-0.39, 0.29) is 0 Å². The Labute approximate surface area is 152 Å². The number of hydrogen-bond acceptors (Lipinski definition) is 6. The number of rotatable bonds is 3. The standard InChI is InChI=1S/C19H24N6O/c1-12-8-13(2)25-18(21-12)16(9-20-25)17-22-19(26-23-17)14-10-24(11-14)15-6-4-3-5-7-15/h8-9,14-15H,3-7,10-11H2,1-2H3. The van der Waals surface area contributed by atoms with Gasteiger partial charge in [-0.3, -0.25) is 4.90 Å². The fourth-order valence-electron chi connectivity index (χ4n) is 4.35. The van der Waals surface area contributed by atoms with Gasteiger partial charge < -0.3 is 4.52 Å². The number of aromatic nitrogens is 5. The van der Waals surface area contributed by atoms with Crippen LogP contribution in [0.15, 0.2) is 16.8 Å². The maximum atomic E-state index is 5.58. The minimum absolute atomic E-state index is 0.358. The lowest BCUT2D eigenvalue weighted by Gasteiger charge is -2.44. The van der Waals surface area contributed by atoms with Gasteiger partial charge in [-0.2, -0.15) is 10.1 Å². The Hall–Kier alpha value is -2.28. The van der Waals surface area contributed by atoms with Gasteiger partial charge in [0.05, 0.1) is 17.7 Å². The second kappa shape index (κ2) is 6.16. The molecule has 0 N–H and O–H groups in total. The Morgan fingerprint density at radius 1 is 1.08 bits per heavy atom. The van der Waals surface area contributed by atoms with Crippen LogP contribution in [0, 0.1) is 13.8 Å². The zero-order valence-corrected chi connectivity index (χ0v) is 15.4. The molecule has 3 aromatic heterocycles. The molecule has 4 heterocycles. The summed E-state index contributed by atoms with van der Waals surface area (Å²) in [5, 5.41) is 8.63. The minimum atomic E-state index is 0.358. The molecule has 0 amide bonds. The maximum absolute atomic E-state index is 5.58. The quantitative estimate of drug-likeness (QED) is 0.721. The van der Waals surface area contributed by atoms with Crippen LogP contribution in [0.25, 0.3) is 17.0 Å². The summed E-state index contributed by atoms with van der Waals surface area (Å²) in [5.41, 5.74) is 3.62. The summed E-state index contributed by atoms with van der Waals surface area (Å²) < 4.78 is 7.41. The van der Waals surface area contributed by atoms with Crippen LogP contribution in [0.1, 0.15) is 55.3 Å². The third kappa shape index (κ3) is 2.61. The average Bonchev–Trinajstić information content (AvgIpc) is 3.21. The van der Waals surface area contributed by atoms with Crippen LogP contribution in [-0.2, 0) is 0 Å². The number of fused-ring (bicyclic) bond motifs is 1.